The molecule has 198 valence electrons. The van der Waals surface area contributed by atoms with Crippen LogP contribution in [0.15, 0.2) is 54.7 Å². The minimum absolute atomic E-state index is 0.0315. The molecule has 3 aromatic rings. The molecule has 4 rings (SSSR count). The van der Waals surface area contributed by atoms with Crippen LogP contribution in [-0.2, 0) is 9.59 Å². The van der Waals surface area contributed by atoms with Crippen LogP contribution in [-0.4, -0.2) is 47.9 Å². The quantitative estimate of drug-likeness (QED) is 0.445. The molecule has 0 saturated carbocycles. The maximum Gasteiger partial charge on any atom is 0.270 e. The first-order valence-corrected chi connectivity index (χ1v) is 12.5. The second kappa shape index (κ2) is 10.8. The van der Waals surface area contributed by atoms with Crippen LogP contribution in [0.25, 0.3) is 0 Å². The smallest absolute Gasteiger partial charge is 0.270 e. The molecule has 0 fully saturated rings. The van der Waals surface area contributed by atoms with Crippen molar-refractivity contribution >= 4 is 69.6 Å². The molecule has 1 aliphatic rings. The minimum Gasteiger partial charge on any atom is -0.341 e. The van der Waals surface area contributed by atoms with E-state index in [1.807, 2.05) is 4.90 Å². The zero-order valence-electron chi connectivity index (χ0n) is 20.6. The van der Waals surface area contributed by atoms with Crippen LogP contribution < -0.4 is 20.4 Å². The van der Waals surface area contributed by atoms with Crippen molar-refractivity contribution in [3.05, 3.63) is 81.3 Å². The predicted molar refractivity (Wildman–Crippen MR) is 146 cm³/mol. The number of hydrogen-bond donors (Lipinski definition) is 2. The number of fused-ring (bicyclic) bond motifs is 1. The average Bonchev–Trinajstić information content (AvgIpc) is 2.94. The van der Waals surface area contributed by atoms with Crippen molar-refractivity contribution in [3.8, 4) is 0 Å². The normalized spacial score (nSPS) is 15.6. The van der Waals surface area contributed by atoms with Gasteiger partial charge in [-0.1, -0.05) is 34.8 Å². The Balaban J connectivity index is 1.64. The molecule has 0 radical (unpaired) electrons. The van der Waals surface area contributed by atoms with Gasteiger partial charge in [-0.15, -0.1) is 0 Å². The summed E-state index contributed by atoms with van der Waals surface area (Å²) < 4.78 is 13.2. The lowest BCUT2D eigenvalue weighted by Crippen LogP contribution is -2.60. The fraction of sp³-hybridized carbons (Fsp3) is 0.231. The summed E-state index contributed by atoms with van der Waals surface area (Å²) in [5.41, 5.74) is 0.261. The maximum atomic E-state index is 13.5. The van der Waals surface area contributed by atoms with Gasteiger partial charge in [0.25, 0.3) is 11.8 Å². The Morgan fingerprint density at radius 3 is 2.32 bits per heavy atom. The summed E-state index contributed by atoms with van der Waals surface area (Å²) in [6.07, 6.45) is 0.905. The molecule has 1 aliphatic heterocycles. The molecule has 2 heterocycles. The topological polar surface area (TPSA) is 94.6 Å². The predicted octanol–water partition coefficient (Wildman–Crippen LogP) is 4.99. The first-order chi connectivity index (χ1) is 17.9. The number of nitrogens with zero attached hydrogens (tertiary/aromatic N) is 3. The van der Waals surface area contributed by atoms with Gasteiger partial charge in [0.2, 0.25) is 5.91 Å². The first-order valence-electron chi connectivity index (χ1n) is 11.4. The van der Waals surface area contributed by atoms with Gasteiger partial charge < -0.3 is 20.4 Å². The monoisotopic (exact) mass is 577 g/mol. The van der Waals surface area contributed by atoms with Crippen molar-refractivity contribution in [2.45, 2.75) is 25.4 Å². The highest BCUT2D eigenvalue weighted by molar-refractivity contribution is 6.35. The summed E-state index contributed by atoms with van der Waals surface area (Å²) >= 11 is 18.8. The van der Waals surface area contributed by atoms with Crippen molar-refractivity contribution in [2.24, 2.45) is 0 Å². The van der Waals surface area contributed by atoms with Crippen LogP contribution in [0.4, 0.5) is 21.5 Å². The number of anilines is 3. The summed E-state index contributed by atoms with van der Waals surface area (Å²) in [5.74, 6) is -2.29. The molecule has 3 amide bonds. The number of benzene rings is 2. The van der Waals surface area contributed by atoms with E-state index < -0.39 is 35.1 Å². The Morgan fingerprint density at radius 1 is 1.00 bits per heavy atom. The lowest BCUT2D eigenvalue weighted by molar-refractivity contribution is -0.130. The molecule has 8 nitrogen and oxygen atoms in total. The van der Waals surface area contributed by atoms with E-state index in [4.69, 9.17) is 34.8 Å². The third-order valence-corrected chi connectivity index (χ3v) is 6.67. The van der Waals surface area contributed by atoms with Crippen molar-refractivity contribution in [1.29, 1.82) is 0 Å². The largest absolute Gasteiger partial charge is 0.341 e. The molecule has 2 aromatic carbocycles. The Morgan fingerprint density at radius 2 is 1.68 bits per heavy atom. The molecule has 0 saturated heterocycles. The van der Waals surface area contributed by atoms with Gasteiger partial charge in [-0.3, -0.25) is 14.4 Å². The molecular weight excluding hydrogens is 556 g/mol. The molecule has 1 aromatic heterocycles. The molecular formula is C26H23Cl3FN5O3. The van der Waals surface area contributed by atoms with Crippen LogP contribution in [0, 0.1) is 5.82 Å². The molecule has 12 heteroatoms. The Hall–Kier alpha value is -3.40. The Kier molecular flexibility index (Phi) is 7.83. The number of nitrogens with one attached hydrogen (secondary N) is 2. The highest BCUT2D eigenvalue weighted by Crippen LogP contribution is 2.40. The van der Waals surface area contributed by atoms with E-state index >= 15 is 0 Å². The van der Waals surface area contributed by atoms with Crippen molar-refractivity contribution in [2.75, 3.05) is 23.4 Å². The molecule has 0 bridgehead atoms. The average molecular weight is 579 g/mol. The summed E-state index contributed by atoms with van der Waals surface area (Å²) in [5, 5.41) is 6.55. The second-order valence-electron chi connectivity index (χ2n) is 9.24. The zero-order valence-corrected chi connectivity index (χ0v) is 22.8. The first kappa shape index (κ1) is 27.6. The SMILES string of the molecule is CN1C(=O)[C@H](NC(=O)C(C)(C)NC(=O)c2ccc(F)cn2)CN(c2cc(Cl)cc(Cl)c2)c2ccc(Cl)cc21. The maximum absolute atomic E-state index is 13.5. The van der Waals surface area contributed by atoms with E-state index in [9.17, 15) is 18.8 Å². The molecule has 0 spiro atoms. The van der Waals surface area contributed by atoms with Crippen LogP contribution in [0.3, 0.4) is 0 Å². The molecule has 38 heavy (non-hydrogen) atoms. The number of amides is 3. The van der Waals surface area contributed by atoms with Gasteiger partial charge >= 0.3 is 0 Å². The van der Waals surface area contributed by atoms with E-state index in [2.05, 4.69) is 15.6 Å². The second-order valence-corrected chi connectivity index (χ2v) is 10.5. The number of likely N-dealkylation sites (N-methyl/N-ethyl adjacent to an activating group) is 1. The number of pyridine rings is 1. The number of rotatable bonds is 5. The highest BCUT2D eigenvalue weighted by atomic mass is 35.5. The number of carbonyl (C=O) groups is 3. The zero-order chi connectivity index (χ0) is 27.8. The van der Waals surface area contributed by atoms with Gasteiger partial charge in [0, 0.05) is 27.8 Å². The summed E-state index contributed by atoms with van der Waals surface area (Å²) in [7, 11) is 1.58. The number of aromatic nitrogens is 1. The van der Waals surface area contributed by atoms with Gasteiger partial charge in [-0.05, 0) is 62.4 Å². The molecule has 0 aliphatic carbocycles. The Labute approximate surface area is 233 Å². The molecule has 1 atom stereocenters. The van der Waals surface area contributed by atoms with Crippen LogP contribution in [0.2, 0.25) is 15.1 Å². The van der Waals surface area contributed by atoms with E-state index in [-0.39, 0.29) is 12.2 Å². The van der Waals surface area contributed by atoms with Crippen molar-refractivity contribution in [3.63, 3.8) is 0 Å². The van der Waals surface area contributed by atoms with E-state index in [0.717, 1.165) is 12.3 Å². The van der Waals surface area contributed by atoms with Gasteiger partial charge in [-0.2, -0.15) is 0 Å². The fourth-order valence-electron chi connectivity index (χ4n) is 4.01. The highest BCUT2D eigenvalue weighted by Gasteiger charge is 2.38. The minimum atomic E-state index is -1.45. The fourth-order valence-corrected chi connectivity index (χ4v) is 4.69. The van der Waals surface area contributed by atoms with Gasteiger partial charge in [-0.25, -0.2) is 9.37 Å². The standard InChI is InChI=1S/C26H23Cl3FN5O3/c1-26(2,33-23(36)19-6-5-17(30)12-31-19)25(38)32-20-13-35(18-9-15(28)8-16(29)10-18)21-7-4-14(27)11-22(21)34(3)24(20)37/h4-12,20H,13H2,1-3H3,(H,32,38)(H,33,36)/t20-/m1/s1. The third-order valence-electron chi connectivity index (χ3n) is 6.00. The summed E-state index contributed by atoms with van der Waals surface area (Å²) in [4.78, 5) is 46.4. The number of carbonyl (C=O) groups excluding carboxylic acids is 3. The van der Waals surface area contributed by atoms with E-state index in [0.29, 0.717) is 32.1 Å². The number of hydrogen-bond acceptors (Lipinski definition) is 5. The van der Waals surface area contributed by atoms with Gasteiger partial charge in [0.15, 0.2) is 0 Å². The Bertz CT molecular complexity index is 1400. The van der Waals surface area contributed by atoms with E-state index in [1.165, 1.54) is 24.8 Å². The lowest BCUT2D eigenvalue weighted by Gasteiger charge is -2.30. The van der Waals surface area contributed by atoms with Crippen molar-refractivity contribution in [1.82, 2.24) is 15.6 Å². The lowest BCUT2D eigenvalue weighted by atomic mass is 10.0. The third kappa shape index (κ3) is 5.85. The van der Waals surface area contributed by atoms with Gasteiger partial charge in [0.05, 0.1) is 24.1 Å². The van der Waals surface area contributed by atoms with Crippen LogP contribution >= 0.6 is 34.8 Å². The number of halogens is 4. The van der Waals surface area contributed by atoms with Gasteiger partial charge in [0.1, 0.15) is 23.1 Å². The van der Waals surface area contributed by atoms with Crippen LogP contribution in [0.5, 0.6) is 0 Å². The van der Waals surface area contributed by atoms with Crippen molar-refractivity contribution < 1.29 is 18.8 Å². The summed E-state index contributed by atoms with van der Waals surface area (Å²) in [6, 6.07) is 11.4. The van der Waals surface area contributed by atoms with Crippen LogP contribution in [0.1, 0.15) is 24.3 Å². The molecule has 2 N–H and O–H groups in total. The molecule has 0 unspecified atom stereocenters. The summed E-state index contributed by atoms with van der Waals surface area (Å²) in [6.45, 7) is 3.00. The van der Waals surface area contributed by atoms with E-state index in [1.54, 1.807) is 43.4 Å².